The maximum atomic E-state index is 13.4. The molecule has 0 aliphatic rings. The highest BCUT2D eigenvalue weighted by atomic mass is 19.1. The number of halogens is 2. The average Bonchev–Trinajstić information content (AvgIpc) is 2.43. The summed E-state index contributed by atoms with van der Waals surface area (Å²) in [6.07, 6.45) is 0. The van der Waals surface area contributed by atoms with Crippen LogP contribution in [0.25, 0.3) is 0 Å². The lowest BCUT2D eigenvalue weighted by molar-refractivity contribution is 0.249. The topological polar surface area (TPSA) is 41.1 Å². The molecule has 0 aromatic heterocycles. The third-order valence-electron chi connectivity index (χ3n) is 2.82. The number of hydrogen-bond donors (Lipinski definition) is 2. The van der Waals surface area contributed by atoms with Gasteiger partial charge in [-0.25, -0.2) is 13.6 Å². The van der Waals surface area contributed by atoms with Crippen LogP contribution in [-0.2, 0) is 0 Å². The van der Waals surface area contributed by atoms with Crippen LogP contribution in [0.2, 0.25) is 0 Å². The van der Waals surface area contributed by atoms with Crippen molar-refractivity contribution in [3.05, 3.63) is 65.7 Å². The number of carbonyl (C=O) groups is 1. The second kappa shape index (κ2) is 6.14. The molecule has 0 saturated heterocycles. The molecule has 2 rings (SSSR count). The van der Waals surface area contributed by atoms with E-state index in [1.54, 1.807) is 6.92 Å². The fourth-order valence-electron chi connectivity index (χ4n) is 1.77. The van der Waals surface area contributed by atoms with E-state index in [4.69, 9.17) is 0 Å². The maximum Gasteiger partial charge on any atom is 0.319 e. The zero-order chi connectivity index (χ0) is 14.5. The van der Waals surface area contributed by atoms with Gasteiger partial charge in [-0.05, 0) is 24.6 Å². The van der Waals surface area contributed by atoms with Crippen molar-refractivity contribution in [3.63, 3.8) is 0 Å². The van der Waals surface area contributed by atoms with Gasteiger partial charge < -0.3 is 10.6 Å². The molecule has 0 radical (unpaired) electrons. The van der Waals surface area contributed by atoms with Crippen LogP contribution < -0.4 is 10.6 Å². The van der Waals surface area contributed by atoms with Gasteiger partial charge in [0.25, 0.3) is 0 Å². The Morgan fingerprint density at radius 1 is 1.10 bits per heavy atom. The molecular weight excluding hydrogens is 262 g/mol. The number of nitrogens with one attached hydrogen (secondary N) is 2. The summed E-state index contributed by atoms with van der Waals surface area (Å²) in [5.41, 5.74) is 0.727. The minimum atomic E-state index is -0.686. The minimum Gasteiger partial charge on any atom is -0.331 e. The van der Waals surface area contributed by atoms with Crippen molar-refractivity contribution < 1.29 is 13.6 Å². The van der Waals surface area contributed by atoms with Crippen LogP contribution in [0.1, 0.15) is 18.5 Å². The summed E-state index contributed by atoms with van der Waals surface area (Å²) in [5, 5.41) is 4.94. The first-order chi connectivity index (χ1) is 9.56. The summed E-state index contributed by atoms with van der Waals surface area (Å²) in [6.45, 7) is 1.80. The van der Waals surface area contributed by atoms with Gasteiger partial charge in [-0.1, -0.05) is 30.3 Å². The lowest BCUT2D eigenvalue weighted by Crippen LogP contribution is -2.31. The van der Waals surface area contributed by atoms with Crippen LogP contribution in [0.15, 0.2) is 48.5 Å². The van der Waals surface area contributed by atoms with E-state index in [1.165, 1.54) is 0 Å². The van der Waals surface area contributed by atoms with E-state index in [0.717, 1.165) is 23.8 Å². The number of amides is 2. The minimum absolute atomic E-state index is 0.192. The van der Waals surface area contributed by atoms with E-state index in [2.05, 4.69) is 10.6 Å². The summed E-state index contributed by atoms with van der Waals surface area (Å²) in [4.78, 5) is 11.7. The van der Waals surface area contributed by atoms with Gasteiger partial charge in [0.1, 0.15) is 11.6 Å². The molecule has 0 fully saturated rings. The van der Waals surface area contributed by atoms with Crippen molar-refractivity contribution >= 4 is 11.7 Å². The number of benzene rings is 2. The Kier molecular flexibility index (Phi) is 4.30. The molecule has 2 N–H and O–H groups in total. The van der Waals surface area contributed by atoms with Crippen LogP contribution in [0, 0.1) is 11.6 Å². The molecule has 104 valence electrons. The van der Waals surface area contributed by atoms with Crippen molar-refractivity contribution in [2.24, 2.45) is 0 Å². The highest BCUT2D eigenvalue weighted by Crippen LogP contribution is 2.16. The number of urea groups is 1. The Hall–Kier alpha value is -2.43. The Balaban J connectivity index is 2.01. The highest BCUT2D eigenvalue weighted by Gasteiger charge is 2.11. The molecule has 0 aliphatic carbocycles. The third-order valence-corrected chi connectivity index (χ3v) is 2.82. The Morgan fingerprint density at radius 3 is 2.50 bits per heavy atom. The normalized spacial score (nSPS) is 11.8. The molecule has 0 unspecified atom stereocenters. The van der Waals surface area contributed by atoms with Crippen molar-refractivity contribution in [1.82, 2.24) is 5.32 Å². The Morgan fingerprint density at radius 2 is 1.80 bits per heavy atom. The summed E-state index contributed by atoms with van der Waals surface area (Å²) < 4.78 is 26.4. The molecule has 20 heavy (non-hydrogen) atoms. The van der Waals surface area contributed by atoms with Gasteiger partial charge in [0.15, 0.2) is 0 Å². The molecule has 0 saturated carbocycles. The summed E-state index contributed by atoms with van der Waals surface area (Å²) in [5.74, 6) is -1.30. The van der Waals surface area contributed by atoms with Gasteiger partial charge >= 0.3 is 6.03 Å². The second-order valence-corrected chi connectivity index (χ2v) is 4.36. The third kappa shape index (κ3) is 3.54. The summed E-state index contributed by atoms with van der Waals surface area (Å²) >= 11 is 0. The fraction of sp³-hybridized carbons (Fsp3) is 0.133. The van der Waals surface area contributed by atoms with Gasteiger partial charge in [0, 0.05) is 6.07 Å². The van der Waals surface area contributed by atoms with E-state index in [0.29, 0.717) is 0 Å². The van der Waals surface area contributed by atoms with E-state index in [1.807, 2.05) is 30.3 Å². The van der Waals surface area contributed by atoms with Gasteiger partial charge in [-0.15, -0.1) is 0 Å². The van der Waals surface area contributed by atoms with Crippen molar-refractivity contribution in [3.8, 4) is 0 Å². The van der Waals surface area contributed by atoms with E-state index < -0.39 is 17.7 Å². The van der Waals surface area contributed by atoms with Crippen LogP contribution >= 0.6 is 0 Å². The molecule has 5 heteroatoms. The molecule has 1 atom stereocenters. The fourth-order valence-corrected chi connectivity index (χ4v) is 1.77. The predicted octanol–water partition coefficient (Wildman–Crippen LogP) is 3.85. The molecule has 0 aliphatic heterocycles. The molecule has 2 amide bonds. The van der Waals surface area contributed by atoms with E-state index in [-0.39, 0.29) is 11.7 Å². The Labute approximate surface area is 115 Å². The molecular formula is C15H14F2N2O. The van der Waals surface area contributed by atoms with Crippen molar-refractivity contribution in [1.29, 1.82) is 0 Å². The molecule has 3 nitrogen and oxygen atoms in total. The zero-order valence-electron chi connectivity index (χ0n) is 10.9. The van der Waals surface area contributed by atoms with E-state index >= 15 is 0 Å². The van der Waals surface area contributed by atoms with Crippen LogP contribution in [0.5, 0.6) is 0 Å². The Bertz CT molecular complexity index is 602. The first-order valence-corrected chi connectivity index (χ1v) is 6.14. The van der Waals surface area contributed by atoms with Crippen LogP contribution in [0.3, 0.4) is 0 Å². The summed E-state index contributed by atoms with van der Waals surface area (Å²) in [6, 6.07) is 11.4. The SMILES string of the molecule is C[C@H](NC(=O)Nc1cc(F)ccc1F)c1ccccc1. The number of anilines is 1. The predicted molar refractivity (Wildman–Crippen MR) is 73.4 cm³/mol. The number of carbonyl (C=O) groups excluding carboxylic acids is 1. The molecule has 2 aromatic carbocycles. The van der Waals surface area contributed by atoms with Crippen LogP contribution in [0.4, 0.5) is 19.3 Å². The lowest BCUT2D eigenvalue weighted by Gasteiger charge is -2.15. The highest BCUT2D eigenvalue weighted by molar-refractivity contribution is 5.89. The van der Waals surface area contributed by atoms with Gasteiger partial charge in [0.2, 0.25) is 0 Å². The van der Waals surface area contributed by atoms with Crippen LogP contribution in [-0.4, -0.2) is 6.03 Å². The molecule has 0 bridgehead atoms. The van der Waals surface area contributed by atoms with Crippen molar-refractivity contribution in [2.45, 2.75) is 13.0 Å². The smallest absolute Gasteiger partial charge is 0.319 e. The standard InChI is InChI=1S/C15H14F2N2O/c1-10(11-5-3-2-4-6-11)18-15(20)19-14-9-12(16)7-8-13(14)17/h2-10H,1H3,(H2,18,19,20)/t10-/m0/s1. The zero-order valence-corrected chi connectivity index (χ0v) is 10.9. The quantitative estimate of drug-likeness (QED) is 0.878. The van der Waals surface area contributed by atoms with Crippen molar-refractivity contribution in [2.75, 3.05) is 5.32 Å². The number of rotatable bonds is 3. The van der Waals surface area contributed by atoms with Gasteiger partial charge in [-0.3, -0.25) is 0 Å². The first kappa shape index (κ1) is 14.0. The van der Waals surface area contributed by atoms with Gasteiger partial charge in [0.05, 0.1) is 11.7 Å². The van der Waals surface area contributed by atoms with Gasteiger partial charge in [-0.2, -0.15) is 0 Å². The first-order valence-electron chi connectivity index (χ1n) is 6.14. The average molecular weight is 276 g/mol. The molecule has 0 spiro atoms. The lowest BCUT2D eigenvalue weighted by atomic mass is 10.1. The summed E-state index contributed by atoms with van der Waals surface area (Å²) in [7, 11) is 0. The molecule has 2 aromatic rings. The second-order valence-electron chi connectivity index (χ2n) is 4.36. The maximum absolute atomic E-state index is 13.4. The number of hydrogen-bond acceptors (Lipinski definition) is 1. The molecule has 0 heterocycles. The monoisotopic (exact) mass is 276 g/mol. The van der Waals surface area contributed by atoms with E-state index in [9.17, 15) is 13.6 Å². The largest absolute Gasteiger partial charge is 0.331 e.